The van der Waals surface area contributed by atoms with Crippen LogP contribution in [0, 0.1) is 17.8 Å². The van der Waals surface area contributed by atoms with Gasteiger partial charge in [0.05, 0.1) is 11.8 Å². The van der Waals surface area contributed by atoms with Crippen molar-refractivity contribution in [3.8, 4) is 0 Å². The second-order valence-corrected chi connectivity index (χ2v) is 6.89. The lowest BCUT2D eigenvalue weighted by molar-refractivity contribution is -0.149. The van der Waals surface area contributed by atoms with Crippen LogP contribution in [0.5, 0.6) is 0 Å². The van der Waals surface area contributed by atoms with Gasteiger partial charge >= 0.3 is 5.97 Å². The third-order valence-electron chi connectivity index (χ3n) is 5.59. The highest BCUT2D eigenvalue weighted by molar-refractivity contribution is 5.85. The van der Waals surface area contributed by atoms with Crippen LogP contribution in [-0.4, -0.2) is 35.0 Å². The molecule has 120 valence electrons. The monoisotopic (exact) mass is 295 g/mol. The van der Waals surface area contributed by atoms with Crippen LogP contribution in [-0.2, 0) is 9.59 Å². The molecule has 21 heavy (non-hydrogen) atoms. The van der Waals surface area contributed by atoms with Gasteiger partial charge in [-0.25, -0.2) is 0 Å². The number of hydrogen-bond donors (Lipinski definition) is 1. The van der Waals surface area contributed by atoms with Gasteiger partial charge in [-0.1, -0.05) is 39.0 Å². The molecule has 1 N–H and O–H groups in total. The second-order valence-electron chi connectivity index (χ2n) is 6.89. The quantitative estimate of drug-likeness (QED) is 0.810. The van der Waals surface area contributed by atoms with E-state index in [1.807, 2.05) is 11.9 Å². The van der Waals surface area contributed by atoms with Crippen LogP contribution >= 0.6 is 0 Å². The zero-order chi connectivity index (χ0) is 15.4. The normalized spacial score (nSPS) is 30.9. The van der Waals surface area contributed by atoms with Crippen molar-refractivity contribution in [2.24, 2.45) is 17.8 Å². The lowest BCUT2D eigenvalue weighted by atomic mass is 9.93. The molecule has 0 aliphatic heterocycles. The molecule has 0 saturated heterocycles. The average Bonchev–Trinajstić information content (AvgIpc) is 2.73. The van der Waals surface area contributed by atoms with Crippen molar-refractivity contribution in [3.05, 3.63) is 0 Å². The van der Waals surface area contributed by atoms with Crippen molar-refractivity contribution in [2.45, 2.75) is 70.8 Å². The number of hydrogen-bond acceptors (Lipinski definition) is 2. The maximum Gasteiger partial charge on any atom is 0.307 e. The fourth-order valence-corrected chi connectivity index (χ4v) is 4.11. The topological polar surface area (TPSA) is 57.6 Å². The van der Waals surface area contributed by atoms with E-state index >= 15 is 0 Å². The number of nitrogens with zero attached hydrogens (tertiary/aromatic N) is 1. The zero-order valence-electron chi connectivity index (χ0n) is 13.4. The SMILES string of the molecule is CCC1C[C@H](C(=O)N(C)C2CCCCCC2)[C@H](C(=O)O)C1. The Labute approximate surface area is 127 Å². The molecule has 0 aromatic heterocycles. The first-order valence-corrected chi connectivity index (χ1v) is 8.54. The molecule has 2 fully saturated rings. The lowest BCUT2D eigenvalue weighted by Gasteiger charge is -2.30. The molecule has 2 rings (SSSR count). The minimum Gasteiger partial charge on any atom is -0.481 e. The Morgan fingerprint density at radius 1 is 1.05 bits per heavy atom. The summed E-state index contributed by atoms with van der Waals surface area (Å²) in [4.78, 5) is 26.1. The predicted molar refractivity (Wildman–Crippen MR) is 81.9 cm³/mol. The molecular formula is C17H29NO3. The second kappa shape index (κ2) is 7.28. The molecule has 0 spiro atoms. The number of carbonyl (C=O) groups excluding carboxylic acids is 1. The van der Waals surface area contributed by atoms with Gasteiger partial charge in [0.2, 0.25) is 5.91 Å². The van der Waals surface area contributed by atoms with E-state index < -0.39 is 11.9 Å². The minimum absolute atomic E-state index is 0.0743. The van der Waals surface area contributed by atoms with Crippen LogP contribution in [0.2, 0.25) is 0 Å². The third-order valence-corrected chi connectivity index (χ3v) is 5.59. The van der Waals surface area contributed by atoms with E-state index in [9.17, 15) is 14.7 Å². The van der Waals surface area contributed by atoms with Crippen LogP contribution in [0.15, 0.2) is 0 Å². The summed E-state index contributed by atoms with van der Waals surface area (Å²) >= 11 is 0. The highest BCUT2D eigenvalue weighted by atomic mass is 16.4. The number of amides is 1. The van der Waals surface area contributed by atoms with Crippen molar-refractivity contribution < 1.29 is 14.7 Å². The zero-order valence-corrected chi connectivity index (χ0v) is 13.4. The Kier molecular flexibility index (Phi) is 5.65. The summed E-state index contributed by atoms with van der Waals surface area (Å²) in [5.41, 5.74) is 0. The van der Waals surface area contributed by atoms with Gasteiger partial charge in [-0.05, 0) is 31.6 Å². The van der Waals surface area contributed by atoms with Gasteiger partial charge in [0, 0.05) is 13.1 Å². The van der Waals surface area contributed by atoms with Crippen LogP contribution in [0.4, 0.5) is 0 Å². The van der Waals surface area contributed by atoms with E-state index in [1.165, 1.54) is 25.7 Å². The van der Waals surface area contributed by atoms with E-state index in [2.05, 4.69) is 6.92 Å². The molecule has 4 nitrogen and oxygen atoms in total. The number of aliphatic carboxylic acids is 1. The van der Waals surface area contributed by atoms with E-state index in [1.54, 1.807) is 0 Å². The molecule has 3 atom stereocenters. The maximum atomic E-state index is 12.8. The Morgan fingerprint density at radius 2 is 1.62 bits per heavy atom. The molecule has 0 aromatic rings. The minimum atomic E-state index is -0.793. The van der Waals surface area contributed by atoms with Crippen molar-refractivity contribution in [3.63, 3.8) is 0 Å². The molecule has 0 bridgehead atoms. The lowest BCUT2D eigenvalue weighted by Crippen LogP contribution is -2.42. The first kappa shape index (κ1) is 16.3. The fourth-order valence-electron chi connectivity index (χ4n) is 4.11. The van der Waals surface area contributed by atoms with Crippen molar-refractivity contribution in [1.29, 1.82) is 0 Å². The summed E-state index contributed by atoms with van der Waals surface area (Å²) in [6, 6.07) is 0.315. The van der Waals surface area contributed by atoms with Gasteiger partial charge in [0.25, 0.3) is 0 Å². The Morgan fingerprint density at radius 3 is 2.14 bits per heavy atom. The van der Waals surface area contributed by atoms with E-state index in [0.29, 0.717) is 18.4 Å². The van der Waals surface area contributed by atoms with Crippen LogP contribution < -0.4 is 0 Å². The maximum absolute atomic E-state index is 12.8. The third kappa shape index (κ3) is 3.78. The van der Waals surface area contributed by atoms with E-state index in [0.717, 1.165) is 25.7 Å². The molecule has 0 aromatic carbocycles. The smallest absolute Gasteiger partial charge is 0.307 e. The highest BCUT2D eigenvalue weighted by Gasteiger charge is 2.43. The Hall–Kier alpha value is -1.06. The number of carboxylic acids is 1. The first-order valence-electron chi connectivity index (χ1n) is 8.54. The van der Waals surface area contributed by atoms with Gasteiger partial charge in [0.1, 0.15) is 0 Å². The van der Waals surface area contributed by atoms with Gasteiger partial charge in [0.15, 0.2) is 0 Å². The average molecular weight is 295 g/mol. The highest BCUT2D eigenvalue weighted by Crippen LogP contribution is 2.40. The fraction of sp³-hybridized carbons (Fsp3) is 0.882. The van der Waals surface area contributed by atoms with E-state index in [-0.39, 0.29) is 11.8 Å². The summed E-state index contributed by atoms with van der Waals surface area (Å²) in [5.74, 6) is -1.11. The van der Waals surface area contributed by atoms with Crippen molar-refractivity contribution in [1.82, 2.24) is 4.90 Å². The largest absolute Gasteiger partial charge is 0.481 e. The van der Waals surface area contributed by atoms with Crippen LogP contribution in [0.25, 0.3) is 0 Å². The number of carbonyl (C=O) groups is 2. The molecule has 4 heteroatoms. The molecule has 2 saturated carbocycles. The predicted octanol–water partition coefficient (Wildman–Crippen LogP) is 3.30. The van der Waals surface area contributed by atoms with Gasteiger partial charge < -0.3 is 10.0 Å². The summed E-state index contributed by atoms with van der Waals surface area (Å²) in [6.07, 6.45) is 9.44. The Balaban J connectivity index is 2.04. The Bertz CT molecular complexity index is 374. The molecule has 1 unspecified atom stereocenters. The molecule has 1 amide bonds. The summed E-state index contributed by atoms with van der Waals surface area (Å²) in [5, 5.41) is 9.41. The number of carboxylic acid groups (broad SMARTS) is 1. The molecule has 2 aliphatic carbocycles. The summed E-state index contributed by atoms with van der Waals surface area (Å²) in [6.45, 7) is 2.09. The molecule has 0 heterocycles. The van der Waals surface area contributed by atoms with Gasteiger partial charge in [-0.15, -0.1) is 0 Å². The van der Waals surface area contributed by atoms with Gasteiger partial charge in [-0.2, -0.15) is 0 Å². The van der Waals surface area contributed by atoms with E-state index in [4.69, 9.17) is 0 Å². The van der Waals surface area contributed by atoms with Gasteiger partial charge in [-0.3, -0.25) is 9.59 Å². The molecule has 2 aliphatic rings. The number of rotatable bonds is 4. The molecule has 0 radical (unpaired) electrons. The summed E-state index contributed by atoms with van der Waals surface area (Å²) in [7, 11) is 1.89. The van der Waals surface area contributed by atoms with Crippen molar-refractivity contribution >= 4 is 11.9 Å². The standard InChI is InChI=1S/C17H29NO3/c1-3-12-10-14(15(11-12)17(20)21)16(19)18(2)13-8-6-4-5-7-9-13/h12-15H,3-11H2,1-2H3,(H,20,21)/t12?,14-,15+/m0/s1. The summed E-state index contributed by atoms with van der Waals surface area (Å²) < 4.78 is 0. The van der Waals surface area contributed by atoms with Crippen LogP contribution in [0.1, 0.15) is 64.7 Å². The first-order chi connectivity index (χ1) is 10.0. The van der Waals surface area contributed by atoms with Crippen LogP contribution in [0.3, 0.4) is 0 Å². The molecular weight excluding hydrogens is 266 g/mol. The van der Waals surface area contributed by atoms with Crippen molar-refractivity contribution in [2.75, 3.05) is 7.05 Å².